The van der Waals surface area contributed by atoms with E-state index >= 15 is 0 Å². The summed E-state index contributed by atoms with van der Waals surface area (Å²) >= 11 is 0. The molecule has 0 N–H and O–H groups in total. The molecular formula is C11H13NO4. The first-order valence-corrected chi connectivity index (χ1v) is 5.88. The van der Waals surface area contributed by atoms with E-state index in [1.54, 1.807) is 0 Å². The maximum atomic E-state index is 12.1. The van der Waals surface area contributed by atoms with E-state index in [0.29, 0.717) is 13.2 Å². The second-order valence-electron chi connectivity index (χ2n) is 5.08. The van der Waals surface area contributed by atoms with Gasteiger partial charge in [0.2, 0.25) is 11.8 Å². The van der Waals surface area contributed by atoms with Gasteiger partial charge in [0.1, 0.15) is 0 Å². The highest BCUT2D eigenvalue weighted by atomic mass is 16.6. The van der Waals surface area contributed by atoms with Gasteiger partial charge in [0.15, 0.2) is 0 Å². The molecule has 1 unspecified atom stereocenters. The molecule has 4 aliphatic heterocycles. The van der Waals surface area contributed by atoms with Gasteiger partial charge in [-0.05, 0) is 12.8 Å². The number of nitrogens with zero attached hydrogens (tertiary/aromatic N) is 1. The van der Waals surface area contributed by atoms with E-state index in [1.807, 2.05) is 0 Å². The highest BCUT2D eigenvalue weighted by Crippen LogP contribution is 2.48. The van der Waals surface area contributed by atoms with Crippen molar-refractivity contribution in [3.05, 3.63) is 0 Å². The largest absolute Gasteiger partial charge is 0.373 e. The lowest BCUT2D eigenvalue weighted by molar-refractivity contribution is -0.142. The zero-order valence-corrected chi connectivity index (χ0v) is 8.80. The van der Waals surface area contributed by atoms with Crippen molar-refractivity contribution in [3.8, 4) is 0 Å². The summed E-state index contributed by atoms with van der Waals surface area (Å²) < 4.78 is 10.7. The van der Waals surface area contributed by atoms with Crippen molar-refractivity contribution < 1.29 is 19.1 Å². The highest BCUT2D eigenvalue weighted by molar-refractivity contribution is 6.06. The van der Waals surface area contributed by atoms with Crippen LogP contribution in [0.1, 0.15) is 12.8 Å². The van der Waals surface area contributed by atoms with Gasteiger partial charge in [-0.25, -0.2) is 0 Å². The third kappa shape index (κ3) is 1.02. The van der Waals surface area contributed by atoms with Gasteiger partial charge in [-0.2, -0.15) is 0 Å². The van der Waals surface area contributed by atoms with Gasteiger partial charge < -0.3 is 9.47 Å². The van der Waals surface area contributed by atoms with Crippen LogP contribution < -0.4 is 0 Å². The van der Waals surface area contributed by atoms with E-state index in [-0.39, 0.29) is 42.0 Å². The Balaban J connectivity index is 1.63. The quantitative estimate of drug-likeness (QED) is 0.470. The van der Waals surface area contributed by atoms with Gasteiger partial charge >= 0.3 is 0 Å². The third-order valence-electron chi connectivity index (χ3n) is 4.16. The topological polar surface area (TPSA) is 59.1 Å². The molecule has 5 heteroatoms. The number of amides is 2. The Morgan fingerprint density at radius 3 is 2.19 bits per heavy atom. The Bertz CT molecular complexity index is 350. The number of rotatable bonds is 2. The van der Waals surface area contributed by atoms with Crippen LogP contribution >= 0.6 is 0 Å². The van der Waals surface area contributed by atoms with Crippen LogP contribution in [0.4, 0.5) is 0 Å². The molecule has 16 heavy (non-hydrogen) atoms. The standard InChI is InChI=1S/C11H13NO4/c13-10-8-6-1-2-7(16-6)9(8)11(14)12(10)3-5-4-15-5/h5-9H,1-4H2/t5?,6-,7+,8+,9-. The van der Waals surface area contributed by atoms with Crippen molar-refractivity contribution in [2.24, 2.45) is 11.8 Å². The lowest BCUT2D eigenvalue weighted by atomic mass is 9.81. The van der Waals surface area contributed by atoms with Crippen LogP contribution in [0, 0.1) is 11.8 Å². The van der Waals surface area contributed by atoms with Crippen LogP contribution in [-0.2, 0) is 19.1 Å². The molecule has 0 aromatic heterocycles. The van der Waals surface area contributed by atoms with E-state index in [9.17, 15) is 9.59 Å². The SMILES string of the molecule is O=C1[C@@H]2[C@H](C(=O)N1CC1CO1)[C@@H]1CC[C@H]2O1. The van der Waals surface area contributed by atoms with Crippen LogP contribution in [0.2, 0.25) is 0 Å². The first-order chi connectivity index (χ1) is 7.75. The number of hydrogen-bond donors (Lipinski definition) is 0. The number of epoxide rings is 1. The first kappa shape index (κ1) is 9.13. The van der Waals surface area contributed by atoms with Crippen molar-refractivity contribution in [1.82, 2.24) is 4.90 Å². The molecule has 0 aromatic carbocycles. The lowest BCUT2D eigenvalue weighted by Crippen LogP contribution is -2.37. The molecule has 0 spiro atoms. The maximum Gasteiger partial charge on any atom is 0.235 e. The zero-order chi connectivity index (χ0) is 10.9. The molecule has 5 atom stereocenters. The predicted molar refractivity (Wildman–Crippen MR) is 51.3 cm³/mol. The molecule has 4 rings (SSSR count). The average Bonchev–Trinajstić information content (AvgIpc) is 2.77. The Morgan fingerprint density at radius 2 is 1.69 bits per heavy atom. The summed E-state index contributed by atoms with van der Waals surface area (Å²) in [4.78, 5) is 25.6. The van der Waals surface area contributed by atoms with Gasteiger partial charge in [-0.3, -0.25) is 14.5 Å². The van der Waals surface area contributed by atoms with E-state index in [4.69, 9.17) is 9.47 Å². The van der Waals surface area contributed by atoms with E-state index in [0.717, 1.165) is 12.8 Å². The fourth-order valence-corrected chi connectivity index (χ4v) is 3.33. The first-order valence-electron chi connectivity index (χ1n) is 5.88. The van der Waals surface area contributed by atoms with Crippen molar-refractivity contribution in [1.29, 1.82) is 0 Å². The van der Waals surface area contributed by atoms with Crippen molar-refractivity contribution in [2.75, 3.05) is 13.2 Å². The fourth-order valence-electron chi connectivity index (χ4n) is 3.33. The van der Waals surface area contributed by atoms with E-state index < -0.39 is 0 Å². The van der Waals surface area contributed by atoms with Gasteiger partial charge in [-0.15, -0.1) is 0 Å². The molecule has 4 heterocycles. The number of hydrogen-bond acceptors (Lipinski definition) is 4. The zero-order valence-electron chi connectivity index (χ0n) is 8.80. The molecule has 5 nitrogen and oxygen atoms in total. The second-order valence-corrected chi connectivity index (χ2v) is 5.08. The molecule has 0 aliphatic carbocycles. The lowest BCUT2D eigenvalue weighted by Gasteiger charge is -2.15. The summed E-state index contributed by atoms with van der Waals surface area (Å²) in [7, 11) is 0. The summed E-state index contributed by atoms with van der Waals surface area (Å²) in [5.41, 5.74) is 0. The van der Waals surface area contributed by atoms with E-state index in [2.05, 4.69) is 0 Å². The molecule has 0 aromatic rings. The molecule has 2 amide bonds. The van der Waals surface area contributed by atoms with Crippen molar-refractivity contribution >= 4 is 11.8 Å². The minimum absolute atomic E-state index is 0.00317. The van der Waals surface area contributed by atoms with Gasteiger partial charge in [0.05, 0.1) is 43.3 Å². The molecular weight excluding hydrogens is 210 g/mol. The number of fused-ring (bicyclic) bond motifs is 5. The van der Waals surface area contributed by atoms with Crippen LogP contribution in [0.25, 0.3) is 0 Å². The second kappa shape index (κ2) is 2.84. The minimum Gasteiger partial charge on any atom is -0.373 e. The fraction of sp³-hybridized carbons (Fsp3) is 0.818. The molecule has 4 fully saturated rings. The summed E-state index contributed by atoms with van der Waals surface area (Å²) in [5, 5.41) is 0. The van der Waals surface area contributed by atoms with Crippen molar-refractivity contribution in [3.63, 3.8) is 0 Å². The van der Waals surface area contributed by atoms with Crippen LogP contribution in [-0.4, -0.2) is 48.2 Å². The summed E-state index contributed by atoms with van der Waals surface area (Å²) in [6.07, 6.45) is 1.94. The molecule has 0 radical (unpaired) electrons. The molecule has 0 saturated carbocycles. The summed E-state index contributed by atoms with van der Waals surface area (Å²) in [6, 6.07) is 0. The maximum absolute atomic E-state index is 12.1. The van der Waals surface area contributed by atoms with Crippen LogP contribution in [0.5, 0.6) is 0 Å². The Kier molecular flexibility index (Phi) is 1.62. The Hall–Kier alpha value is -0.940. The third-order valence-corrected chi connectivity index (χ3v) is 4.16. The highest BCUT2D eigenvalue weighted by Gasteiger charge is 2.62. The Morgan fingerprint density at radius 1 is 1.12 bits per heavy atom. The predicted octanol–water partition coefficient (Wildman–Crippen LogP) is -0.452. The summed E-state index contributed by atoms with van der Waals surface area (Å²) in [5.74, 6) is -0.439. The van der Waals surface area contributed by atoms with Crippen LogP contribution in [0.15, 0.2) is 0 Å². The van der Waals surface area contributed by atoms with Crippen LogP contribution in [0.3, 0.4) is 0 Å². The monoisotopic (exact) mass is 223 g/mol. The molecule has 2 bridgehead atoms. The molecule has 4 saturated heterocycles. The molecule has 4 aliphatic rings. The normalized spacial score (nSPS) is 49.0. The Labute approximate surface area is 92.7 Å². The summed E-state index contributed by atoms with van der Waals surface area (Å²) in [6.45, 7) is 1.12. The van der Waals surface area contributed by atoms with Gasteiger partial charge in [-0.1, -0.05) is 0 Å². The molecule has 86 valence electrons. The van der Waals surface area contributed by atoms with E-state index in [1.165, 1.54) is 4.90 Å². The van der Waals surface area contributed by atoms with Crippen molar-refractivity contribution in [2.45, 2.75) is 31.2 Å². The minimum atomic E-state index is -0.190. The number of ether oxygens (including phenoxy) is 2. The smallest absolute Gasteiger partial charge is 0.235 e. The van der Waals surface area contributed by atoms with Gasteiger partial charge in [0, 0.05) is 0 Å². The average molecular weight is 223 g/mol. The number of carbonyl (C=O) groups is 2. The number of imide groups is 1. The number of likely N-dealkylation sites (tertiary alicyclic amines) is 1. The number of carbonyl (C=O) groups excluding carboxylic acids is 2. The van der Waals surface area contributed by atoms with Gasteiger partial charge in [0.25, 0.3) is 0 Å².